The minimum atomic E-state index is -0.229. The molecule has 2 aromatic carbocycles. The highest BCUT2D eigenvalue weighted by Gasteiger charge is 2.33. The zero-order valence-corrected chi connectivity index (χ0v) is 20.6. The maximum absolute atomic E-state index is 13.5. The van der Waals surface area contributed by atoms with Crippen molar-refractivity contribution in [2.45, 2.75) is 33.1 Å². The largest absolute Gasteiger partial charge is 0.454 e. The van der Waals surface area contributed by atoms with E-state index < -0.39 is 0 Å². The van der Waals surface area contributed by atoms with Crippen molar-refractivity contribution in [2.24, 2.45) is 4.99 Å². The third kappa shape index (κ3) is 4.84. The van der Waals surface area contributed by atoms with Gasteiger partial charge in [-0.05, 0) is 69.0 Å². The summed E-state index contributed by atoms with van der Waals surface area (Å²) in [7, 11) is 0. The summed E-state index contributed by atoms with van der Waals surface area (Å²) in [5.41, 5.74) is 4.02. The van der Waals surface area contributed by atoms with Crippen molar-refractivity contribution in [3.05, 3.63) is 71.1 Å². The van der Waals surface area contributed by atoms with Gasteiger partial charge in [-0.15, -0.1) is 0 Å². The summed E-state index contributed by atoms with van der Waals surface area (Å²) in [5.74, 6) is 1.33. The standard InChI is InChI=1S/C27H27N3O4S/c1-3-29(20-6-4-5-7-20)25(31)16-35-27-28-22(14-19-10-13-23-24(15-19)34-17-33-23)26(32)30(27)21-11-8-18(2)9-12-21/h6,8-15H,3-5,7,16-17H2,1-2H3/b22-14-. The van der Waals surface area contributed by atoms with E-state index in [1.807, 2.05) is 61.2 Å². The molecule has 0 radical (unpaired) electrons. The third-order valence-electron chi connectivity index (χ3n) is 6.13. The fraction of sp³-hybridized carbons (Fsp3) is 0.296. The Kier molecular flexibility index (Phi) is 6.63. The first-order valence-corrected chi connectivity index (χ1v) is 12.8. The Bertz CT molecular complexity index is 1250. The minimum absolute atomic E-state index is 0.0258. The van der Waals surface area contributed by atoms with Crippen LogP contribution in [0.25, 0.3) is 6.08 Å². The van der Waals surface area contributed by atoms with Crippen molar-refractivity contribution < 1.29 is 19.1 Å². The maximum atomic E-state index is 13.5. The van der Waals surface area contributed by atoms with Gasteiger partial charge >= 0.3 is 0 Å². The van der Waals surface area contributed by atoms with E-state index in [1.165, 1.54) is 11.8 Å². The summed E-state index contributed by atoms with van der Waals surface area (Å²) in [5, 5.41) is 0.496. The number of thioether (sulfide) groups is 1. The Morgan fingerprint density at radius 2 is 1.97 bits per heavy atom. The van der Waals surface area contributed by atoms with Crippen molar-refractivity contribution >= 4 is 40.5 Å². The zero-order chi connectivity index (χ0) is 24.4. The summed E-state index contributed by atoms with van der Waals surface area (Å²) in [6.07, 6.45) is 6.92. The molecule has 2 aromatic rings. The number of carbonyl (C=O) groups is 2. The van der Waals surface area contributed by atoms with Crippen molar-refractivity contribution in [1.82, 2.24) is 4.90 Å². The van der Waals surface area contributed by atoms with Gasteiger partial charge in [0.1, 0.15) is 5.70 Å². The normalized spacial score (nSPS) is 17.7. The van der Waals surface area contributed by atoms with Gasteiger partial charge in [0.05, 0.1) is 11.4 Å². The van der Waals surface area contributed by atoms with Crippen LogP contribution in [0.5, 0.6) is 11.5 Å². The number of amides is 2. The zero-order valence-electron chi connectivity index (χ0n) is 19.8. The molecule has 1 aliphatic carbocycles. The van der Waals surface area contributed by atoms with Crippen LogP contribution in [0.4, 0.5) is 5.69 Å². The topological polar surface area (TPSA) is 71.4 Å². The number of nitrogens with zero attached hydrogens (tertiary/aromatic N) is 3. The molecular formula is C27H27N3O4S. The van der Waals surface area contributed by atoms with Crippen LogP contribution in [-0.4, -0.2) is 41.0 Å². The van der Waals surface area contributed by atoms with Gasteiger partial charge in [0.25, 0.3) is 5.91 Å². The van der Waals surface area contributed by atoms with Crippen molar-refractivity contribution in [1.29, 1.82) is 0 Å². The molecule has 0 bridgehead atoms. The van der Waals surface area contributed by atoms with Crippen LogP contribution in [0.2, 0.25) is 0 Å². The molecule has 5 rings (SSSR count). The van der Waals surface area contributed by atoms with E-state index in [4.69, 9.17) is 9.47 Å². The first kappa shape index (κ1) is 23.2. The van der Waals surface area contributed by atoms with Crippen molar-refractivity contribution in [3.63, 3.8) is 0 Å². The predicted molar refractivity (Wildman–Crippen MR) is 138 cm³/mol. The number of aryl methyl sites for hydroxylation is 1. The molecule has 2 heterocycles. The molecule has 8 heteroatoms. The molecule has 0 unspecified atom stereocenters. The molecule has 0 saturated heterocycles. The summed E-state index contributed by atoms with van der Waals surface area (Å²) < 4.78 is 10.8. The molecule has 180 valence electrons. The fourth-order valence-corrected chi connectivity index (χ4v) is 5.21. The molecule has 0 aromatic heterocycles. The number of carbonyl (C=O) groups excluding carboxylic acids is 2. The number of rotatable bonds is 6. The van der Waals surface area contributed by atoms with Crippen LogP contribution in [0.3, 0.4) is 0 Å². The second kappa shape index (κ2) is 10.00. The van der Waals surface area contributed by atoms with E-state index in [-0.39, 0.29) is 24.4 Å². The van der Waals surface area contributed by atoms with Gasteiger partial charge in [0.2, 0.25) is 12.7 Å². The summed E-state index contributed by atoms with van der Waals surface area (Å²) >= 11 is 1.29. The maximum Gasteiger partial charge on any atom is 0.283 e. The molecule has 0 atom stereocenters. The van der Waals surface area contributed by atoms with Gasteiger partial charge in [0, 0.05) is 12.2 Å². The highest BCUT2D eigenvalue weighted by atomic mass is 32.2. The Hall–Kier alpha value is -3.52. The average molecular weight is 490 g/mol. The number of fused-ring (bicyclic) bond motifs is 1. The Balaban J connectivity index is 1.41. The highest BCUT2D eigenvalue weighted by Crippen LogP contribution is 2.35. The number of ether oxygens (including phenoxy) is 2. The SMILES string of the molecule is CCN(C(=O)CSC1=N/C(=C\c2ccc3c(c2)OCO3)C(=O)N1c1ccc(C)cc1)C1=CCCC1. The number of amidine groups is 1. The number of allylic oxidation sites excluding steroid dienone is 2. The number of hydrogen-bond donors (Lipinski definition) is 0. The number of aliphatic imine (C=N–C) groups is 1. The van der Waals surface area contributed by atoms with Gasteiger partial charge in [-0.3, -0.25) is 14.5 Å². The van der Waals surface area contributed by atoms with E-state index >= 15 is 0 Å². The van der Waals surface area contributed by atoms with E-state index in [1.54, 1.807) is 11.0 Å². The molecule has 2 aliphatic heterocycles. The Labute approximate surface area is 209 Å². The average Bonchev–Trinajstić information content (AvgIpc) is 3.60. The summed E-state index contributed by atoms with van der Waals surface area (Å²) in [4.78, 5) is 34.6. The molecule has 2 amide bonds. The first-order chi connectivity index (χ1) is 17.0. The molecule has 35 heavy (non-hydrogen) atoms. The van der Waals surface area contributed by atoms with Crippen molar-refractivity contribution in [3.8, 4) is 11.5 Å². The first-order valence-electron chi connectivity index (χ1n) is 11.8. The molecule has 3 aliphatic rings. The van der Waals surface area contributed by atoms with E-state index in [2.05, 4.69) is 11.1 Å². The van der Waals surface area contributed by atoms with E-state index in [9.17, 15) is 9.59 Å². The summed E-state index contributed by atoms with van der Waals surface area (Å²) in [6, 6.07) is 13.2. The molecule has 0 fully saturated rings. The van der Waals surface area contributed by atoms with Crippen LogP contribution >= 0.6 is 11.8 Å². The van der Waals surface area contributed by atoms with Crippen LogP contribution < -0.4 is 14.4 Å². The quantitative estimate of drug-likeness (QED) is 0.527. The number of benzene rings is 2. The lowest BCUT2D eigenvalue weighted by Gasteiger charge is -2.23. The molecular weight excluding hydrogens is 462 g/mol. The van der Waals surface area contributed by atoms with Gasteiger partial charge in [0.15, 0.2) is 16.7 Å². The highest BCUT2D eigenvalue weighted by molar-refractivity contribution is 8.14. The van der Waals surface area contributed by atoms with Gasteiger partial charge in [-0.25, -0.2) is 4.99 Å². The van der Waals surface area contributed by atoms with Gasteiger partial charge < -0.3 is 14.4 Å². The van der Waals surface area contributed by atoms with Crippen LogP contribution in [0.1, 0.15) is 37.3 Å². The van der Waals surface area contributed by atoms with E-state index in [0.29, 0.717) is 28.9 Å². The second-order valence-corrected chi connectivity index (χ2v) is 9.47. The molecule has 7 nitrogen and oxygen atoms in total. The lowest BCUT2D eigenvalue weighted by Crippen LogP contribution is -2.34. The minimum Gasteiger partial charge on any atom is -0.454 e. The molecule has 0 saturated carbocycles. The monoisotopic (exact) mass is 489 g/mol. The van der Waals surface area contributed by atoms with Crippen LogP contribution in [0, 0.1) is 6.92 Å². The fourth-order valence-electron chi connectivity index (χ4n) is 4.32. The van der Waals surface area contributed by atoms with Gasteiger partial charge in [-0.2, -0.15) is 0 Å². The van der Waals surface area contributed by atoms with Crippen LogP contribution in [0.15, 0.2) is 64.9 Å². The smallest absolute Gasteiger partial charge is 0.283 e. The third-order valence-corrected chi connectivity index (χ3v) is 7.05. The Morgan fingerprint density at radius 3 is 2.71 bits per heavy atom. The molecule has 0 N–H and O–H groups in total. The lowest BCUT2D eigenvalue weighted by atomic mass is 10.1. The van der Waals surface area contributed by atoms with Crippen LogP contribution in [-0.2, 0) is 9.59 Å². The molecule has 0 spiro atoms. The summed E-state index contributed by atoms with van der Waals surface area (Å²) in [6.45, 7) is 4.81. The second-order valence-electron chi connectivity index (χ2n) is 8.53. The van der Waals surface area contributed by atoms with E-state index in [0.717, 1.165) is 41.8 Å². The lowest BCUT2D eigenvalue weighted by molar-refractivity contribution is -0.126. The van der Waals surface area contributed by atoms with Gasteiger partial charge in [-0.1, -0.05) is 41.6 Å². The number of anilines is 1. The van der Waals surface area contributed by atoms with Crippen molar-refractivity contribution in [2.75, 3.05) is 24.0 Å². The predicted octanol–water partition coefficient (Wildman–Crippen LogP) is 5.12. The Morgan fingerprint density at radius 1 is 1.17 bits per heavy atom. The number of hydrogen-bond acceptors (Lipinski definition) is 6.